The lowest BCUT2D eigenvalue weighted by Gasteiger charge is -2.24. The topological polar surface area (TPSA) is 12.0 Å². The van der Waals surface area contributed by atoms with Gasteiger partial charge in [-0.1, -0.05) is 31.0 Å². The molecule has 1 aromatic rings. The van der Waals surface area contributed by atoms with E-state index in [9.17, 15) is 4.39 Å². The van der Waals surface area contributed by atoms with Crippen LogP contribution < -0.4 is 5.32 Å². The van der Waals surface area contributed by atoms with Crippen LogP contribution in [0.3, 0.4) is 0 Å². The minimum absolute atomic E-state index is 0.124. The summed E-state index contributed by atoms with van der Waals surface area (Å²) in [6, 6.07) is 5.09. The Morgan fingerprint density at radius 1 is 1.33 bits per heavy atom. The van der Waals surface area contributed by atoms with Crippen LogP contribution in [0.5, 0.6) is 0 Å². The molecule has 0 heterocycles. The summed E-state index contributed by atoms with van der Waals surface area (Å²) in [6.45, 7) is 9.58. The second-order valence-corrected chi connectivity index (χ2v) is 6.26. The molecule has 0 amide bonds. The van der Waals surface area contributed by atoms with Crippen molar-refractivity contribution >= 4 is 11.6 Å². The van der Waals surface area contributed by atoms with Crippen molar-refractivity contribution in [2.75, 3.05) is 6.54 Å². The van der Waals surface area contributed by atoms with E-state index in [4.69, 9.17) is 11.6 Å². The summed E-state index contributed by atoms with van der Waals surface area (Å²) in [5.74, 6) is 0.192. The Labute approximate surface area is 115 Å². The van der Waals surface area contributed by atoms with E-state index in [1.165, 1.54) is 0 Å². The Morgan fingerprint density at radius 2 is 2.00 bits per heavy atom. The molecule has 0 aliphatic rings. The highest BCUT2D eigenvalue weighted by molar-refractivity contribution is 6.30. The van der Waals surface area contributed by atoms with Gasteiger partial charge in [-0.3, -0.25) is 0 Å². The van der Waals surface area contributed by atoms with Crippen molar-refractivity contribution in [3.05, 3.63) is 34.6 Å². The third kappa shape index (κ3) is 5.36. The zero-order chi connectivity index (χ0) is 13.8. The van der Waals surface area contributed by atoms with Crippen molar-refractivity contribution < 1.29 is 4.39 Å². The van der Waals surface area contributed by atoms with Crippen molar-refractivity contribution in [2.24, 2.45) is 5.92 Å². The molecule has 1 aromatic carbocycles. The maximum atomic E-state index is 13.4. The molecule has 1 atom stereocenters. The molecular weight excluding hydrogens is 249 g/mol. The van der Waals surface area contributed by atoms with Gasteiger partial charge in [-0.25, -0.2) is 4.39 Å². The molecule has 1 N–H and O–H groups in total. The van der Waals surface area contributed by atoms with Crippen LogP contribution in [0.25, 0.3) is 0 Å². The van der Waals surface area contributed by atoms with Gasteiger partial charge >= 0.3 is 0 Å². The van der Waals surface area contributed by atoms with E-state index in [0.29, 0.717) is 5.92 Å². The fourth-order valence-corrected chi connectivity index (χ4v) is 1.93. The molecule has 0 saturated carbocycles. The van der Waals surface area contributed by atoms with Crippen molar-refractivity contribution in [3.63, 3.8) is 0 Å². The second-order valence-electron chi connectivity index (χ2n) is 5.86. The number of hydrogen-bond acceptors (Lipinski definition) is 1. The van der Waals surface area contributed by atoms with E-state index in [1.807, 2.05) is 6.07 Å². The summed E-state index contributed by atoms with van der Waals surface area (Å²) in [4.78, 5) is 0. The van der Waals surface area contributed by atoms with E-state index < -0.39 is 0 Å². The van der Waals surface area contributed by atoms with Crippen LogP contribution in [0.15, 0.2) is 18.2 Å². The molecule has 0 fully saturated rings. The molecule has 1 unspecified atom stereocenters. The van der Waals surface area contributed by atoms with Crippen LogP contribution in [0, 0.1) is 11.7 Å². The zero-order valence-corrected chi connectivity index (χ0v) is 12.4. The van der Waals surface area contributed by atoms with Crippen molar-refractivity contribution in [2.45, 2.75) is 46.1 Å². The normalized spacial score (nSPS) is 13.7. The highest BCUT2D eigenvalue weighted by Crippen LogP contribution is 2.19. The highest BCUT2D eigenvalue weighted by atomic mass is 35.5. The Kier molecular flexibility index (Phi) is 5.61. The summed E-state index contributed by atoms with van der Waals surface area (Å²) in [5.41, 5.74) is 1.14. The van der Waals surface area contributed by atoms with Crippen LogP contribution in [0.4, 0.5) is 4.39 Å². The molecule has 0 saturated heterocycles. The maximum absolute atomic E-state index is 13.4. The van der Waals surface area contributed by atoms with Gasteiger partial charge in [0.25, 0.3) is 0 Å². The summed E-state index contributed by atoms with van der Waals surface area (Å²) in [5, 5.41) is 3.69. The van der Waals surface area contributed by atoms with Crippen LogP contribution in [-0.4, -0.2) is 12.1 Å². The van der Waals surface area contributed by atoms with Gasteiger partial charge in [-0.05, 0) is 57.4 Å². The van der Waals surface area contributed by atoms with Crippen LogP contribution in [-0.2, 0) is 6.42 Å². The standard InChI is InChI=1S/C15H23ClFN/c1-5-11(10-18-15(2,3)4)8-12-6-7-13(16)14(17)9-12/h6-7,9,11,18H,5,8,10H2,1-4H3. The van der Waals surface area contributed by atoms with E-state index in [0.717, 1.165) is 24.9 Å². The molecule has 1 rings (SSSR count). The van der Waals surface area contributed by atoms with Crippen LogP contribution >= 0.6 is 11.6 Å². The van der Waals surface area contributed by atoms with Gasteiger partial charge in [0.1, 0.15) is 5.82 Å². The van der Waals surface area contributed by atoms with E-state index in [-0.39, 0.29) is 16.4 Å². The first-order valence-corrected chi connectivity index (χ1v) is 6.88. The third-order valence-corrected chi connectivity index (χ3v) is 3.31. The predicted octanol–water partition coefficient (Wildman–Crippen LogP) is 4.44. The number of hydrogen-bond donors (Lipinski definition) is 1. The number of rotatable bonds is 5. The zero-order valence-electron chi connectivity index (χ0n) is 11.7. The maximum Gasteiger partial charge on any atom is 0.142 e. The highest BCUT2D eigenvalue weighted by Gasteiger charge is 2.14. The Hall–Kier alpha value is -0.600. The largest absolute Gasteiger partial charge is 0.312 e. The van der Waals surface area contributed by atoms with Gasteiger partial charge in [0, 0.05) is 5.54 Å². The summed E-state index contributed by atoms with van der Waals surface area (Å²) in [6.07, 6.45) is 1.96. The molecule has 18 heavy (non-hydrogen) atoms. The summed E-state index contributed by atoms with van der Waals surface area (Å²) >= 11 is 5.68. The lowest BCUT2D eigenvalue weighted by Crippen LogP contribution is -2.39. The van der Waals surface area contributed by atoms with Gasteiger partial charge in [-0.2, -0.15) is 0 Å². The van der Waals surface area contributed by atoms with Crippen LogP contribution in [0.1, 0.15) is 39.7 Å². The Balaban J connectivity index is 2.59. The van der Waals surface area contributed by atoms with Crippen molar-refractivity contribution in [3.8, 4) is 0 Å². The third-order valence-electron chi connectivity index (χ3n) is 3.01. The Morgan fingerprint density at radius 3 is 2.50 bits per heavy atom. The lowest BCUT2D eigenvalue weighted by molar-refractivity contribution is 0.363. The molecule has 102 valence electrons. The molecule has 0 radical (unpaired) electrons. The molecule has 1 nitrogen and oxygen atoms in total. The average Bonchev–Trinajstić information content (AvgIpc) is 2.28. The van der Waals surface area contributed by atoms with Gasteiger partial charge in [-0.15, -0.1) is 0 Å². The van der Waals surface area contributed by atoms with E-state index in [1.54, 1.807) is 12.1 Å². The second kappa shape index (κ2) is 6.53. The average molecular weight is 272 g/mol. The van der Waals surface area contributed by atoms with Gasteiger partial charge < -0.3 is 5.32 Å². The van der Waals surface area contributed by atoms with Crippen molar-refractivity contribution in [1.29, 1.82) is 0 Å². The smallest absolute Gasteiger partial charge is 0.142 e. The quantitative estimate of drug-likeness (QED) is 0.835. The number of halogens is 2. The van der Waals surface area contributed by atoms with E-state index in [2.05, 4.69) is 33.0 Å². The fraction of sp³-hybridized carbons (Fsp3) is 0.600. The molecule has 0 bridgehead atoms. The first kappa shape index (κ1) is 15.5. The molecule has 3 heteroatoms. The molecule has 0 aliphatic heterocycles. The summed E-state index contributed by atoms with van der Waals surface area (Å²) in [7, 11) is 0. The molecule has 0 aliphatic carbocycles. The van der Waals surface area contributed by atoms with Crippen LogP contribution in [0.2, 0.25) is 5.02 Å². The van der Waals surface area contributed by atoms with Gasteiger partial charge in [0.05, 0.1) is 5.02 Å². The number of nitrogens with one attached hydrogen (secondary N) is 1. The fourth-order valence-electron chi connectivity index (χ4n) is 1.81. The predicted molar refractivity (Wildman–Crippen MR) is 76.7 cm³/mol. The monoisotopic (exact) mass is 271 g/mol. The van der Waals surface area contributed by atoms with Crippen molar-refractivity contribution in [1.82, 2.24) is 5.32 Å². The summed E-state index contributed by atoms with van der Waals surface area (Å²) < 4.78 is 13.4. The molecular formula is C15H23ClFN. The molecule has 0 aromatic heterocycles. The first-order chi connectivity index (χ1) is 8.31. The minimum Gasteiger partial charge on any atom is -0.312 e. The van der Waals surface area contributed by atoms with Gasteiger partial charge in [0.2, 0.25) is 0 Å². The lowest BCUT2D eigenvalue weighted by atomic mass is 9.95. The van der Waals surface area contributed by atoms with E-state index >= 15 is 0 Å². The Bertz CT molecular complexity index is 385. The first-order valence-electron chi connectivity index (χ1n) is 6.50. The SMILES string of the molecule is CCC(CNC(C)(C)C)Cc1ccc(Cl)c(F)c1. The molecule has 0 spiro atoms. The minimum atomic E-state index is -0.326. The number of benzene rings is 1. The van der Waals surface area contributed by atoms with Gasteiger partial charge in [0.15, 0.2) is 0 Å².